The minimum absolute atomic E-state index is 0.105. The molecule has 0 radical (unpaired) electrons. The van der Waals surface area contributed by atoms with E-state index in [0.29, 0.717) is 11.9 Å². The van der Waals surface area contributed by atoms with Crippen LogP contribution in [0.15, 0.2) is 30.3 Å². The van der Waals surface area contributed by atoms with E-state index in [-0.39, 0.29) is 12.0 Å². The Morgan fingerprint density at radius 1 is 1.24 bits per heavy atom. The number of rotatable bonds is 8. The topological polar surface area (TPSA) is 46.3 Å². The van der Waals surface area contributed by atoms with Gasteiger partial charge in [0.05, 0.1) is 0 Å². The maximum atomic E-state index is 12.7. The first-order chi connectivity index (χ1) is 10.1. The SMILES string of the molecule is CC(N)CCCC(C)C(=O)N(Cc1ccccc1)C1CC1. The third kappa shape index (κ3) is 5.16. The Morgan fingerprint density at radius 3 is 2.48 bits per heavy atom. The van der Waals surface area contributed by atoms with Gasteiger partial charge in [-0.2, -0.15) is 0 Å². The van der Waals surface area contributed by atoms with Gasteiger partial charge in [-0.1, -0.05) is 43.7 Å². The number of hydrogen-bond donors (Lipinski definition) is 1. The molecule has 2 rings (SSSR count). The lowest BCUT2D eigenvalue weighted by Gasteiger charge is -2.26. The van der Waals surface area contributed by atoms with Crippen LogP contribution in [-0.2, 0) is 11.3 Å². The molecule has 116 valence electrons. The molecule has 3 heteroatoms. The molecule has 1 aromatic rings. The van der Waals surface area contributed by atoms with Gasteiger partial charge in [0.15, 0.2) is 0 Å². The van der Waals surface area contributed by atoms with E-state index >= 15 is 0 Å². The number of amides is 1. The van der Waals surface area contributed by atoms with Crippen LogP contribution < -0.4 is 5.73 Å². The number of carbonyl (C=O) groups excluding carboxylic acids is 1. The minimum Gasteiger partial charge on any atom is -0.335 e. The van der Waals surface area contributed by atoms with Crippen molar-refractivity contribution in [3.63, 3.8) is 0 Å². The molecular formula is C18H28N2O. The van der Waals surface area contributed by atoms with Crippen LogP contribution in [0.5, 0.6) is 0 Å². The van der Waals surface area contributed by atoms with Crippen LogP contribution >= 0.6 is 0 Å². The van der Waals surface area contributed by atoms with Crippen molar-refractivity contribution in [1.82, 2.24) is 4.90 Å². The zero-order valence-electron chi connectivity index (χ0n) is 13.3. The molecule has 1 aliphatic carbocycles. The van der Waals surface area contributed by atoms with Crippen molar-refractivity contribution in [3.8, 4) is 0 Å². The normalized spacial score (nSPS) is 17.3. The predicted octanol–water partition coefficient (Wildman–Crippen LogP) is 3.33. The average molecular weight is 288 g/mol. The second-order valence-corrected chi connectivity index (χ2v) is 6.49. The molecule has 0 aliphatic heterocycles. The lowest BCUT2D eigenvalue weighted by atomic mass is 10.0. The fraction of sp³-hybridized carbons (Fsp3) is 0.611. The molecule has 0 heterocycles. The summed E-state index contributed by atoms with van der Waals surface area (Å²) in [6.07, 6.45) is 5.29. The largest absolute Gasteiger partial charge is 0.335 e. The second kappa shape index (κ2) is 7.60. The van der Waals surface area contributed by atoms with Crippen LogP contribution in [0.2, 0.25) is 0 Å². The minimum atomic E-state index is 0.105. The van der Waals surface area contributed by atoms with Crippen molar-refractivity contribution >= 4 is 5.91 Å². The molecule has 1 aliphatic rings. The summed E-state index contributed by atoms with van der Waals surface area (Å²) in [5.41, 5.74) is 7.00. The Morgan fingerprint density at radius 2 is 1.90 bits per heavy atom. The van der Waals surface area contributed by atoms with E-state index in [1.807, 2.05) is 25.1 Å². The molecule has 21 heavy (non-hydrogen) atoms. The lowest BCUT2D eigenvalue weighted by Crippen LogP contribution is -2.36. The summed E-state index contributed by atoms with van der Waals surface area (Å²) in [6.45, 7) is 4.84. The Balaban J connectivity index is 1.90. The third-order valence-electron chi connectivity index (χ3n) is 4.18. The second-order valence-electron chi connectivity index (χ2n) is 6.49. The fourth-order valence-corrected chi connectivity index (χ4v) is 2.71. The molecule has 0 bridgehead atoms. The monoisotopic (exact) mass is 288 g/mol. The summed E-state index contributed by atoms with van der Waals surface area (Å²) >= 11 is 0. The predicted molar refractivity (Wildman–Crippen MR) is 86.7 cm³/mol. The lowest BCUT2D eigenvalue weighted by molar-refractivity contribution is -0.136. The van der Waals surface area contributed by atoms with Gasteiger partial charge in [-0.05, 0) is 38.2 Å². The molecule has 1 aromatic carbocycles. The number of carbonyl (C=O) groups is 1. The number of hydrogen-bond acceptors (Lipinski definition) is 2. The highest BCUT2D eigenvalue weighted by molar-refractivity contribution is 5.79. The zero-order valence-corrected chi connectivity index (χ0v) is 13.3. The Hall–Kier alpha value is -1.35. The van der Waals surface area contributed by atoms with E-state index in [9.17, 15) is 4.79 Å². The summed E-state index contributed by atoms with van der Waals surface area (Å²) in [5, 5.41) is 0. The first-order valence-corrected chi connectivity index (χ1v) is 8.18. The van der Waals surface area contributed by atoms with E-state index in [0.717, 1.165) is 38.6 Å². The highest BCUT2D eigenvalue weighted by Crippen LogP contribution is 2.30. The van der Waals surface area contributed by atoms with Crippen LogP contribution in [0.3, 0.4) is 0 Å². The van der Waals surface area contributed by atoms with Crippen molar-refractivity contribution in [2.75, 3.05) is 0 Å². The van der Waals surface area contributed by atoms with Gasteiger partial charge < -0.3 is 10.6 Å². The van der Waals surface area contributed by atoms with Crippen LogP contribution in [0.25, 0.3) is 0 Å². The van der Waals surface area contributed by atoms with Gasteiger partial charge in [0, 0.05) is 24.5 Å². The van der Waals surface area contributed by atoms with Crippen LogP contribution in [0.1, 0.15) is 51.5 Å². The third-order valence-corrected chi connectivity index (χ3v) is 4.18. The Labute approximate surface area is 128 Å². The Kier molecular flexibility index (Phi) is 5.80. The molecule has 1 fully saturated rings. The van der Waals surface area contributed by atoms with E-state index in [4.69, 9.17) is 5.73 Å². The van der Waals surface area contributed by atoms with Gasteiger partial charge in [-0.3, -0.25) is 4.79 Å². The summed E-state index contributed by atoms with van der Waals surface area (Å²) in [6, 6.07) is 11.0. The standard InChI is InChI=1S/C18H28N2O/c1-14(7-6-8-15(2)19)18(21)20(17-11-12-17)13-16-9-4-3-5-10-16/h3-5,9-10,14-15,17H,6-8,11-13,19H2,1-2H3. The molecule has 2 N–H and O–H groups in total. The van der Waals surface area contributed by atoms with Crippen LogP contribution in [0, 0.1) is 5.92 Å². The fourth-order valence-electron chi connectivity index (χ4n) is 2.71. The van der Waals surface area contributed by atoms with Gasteiger partial charge in [0.25, 0.3) is 0 Å². The average Bonchev–Trinajstić information content (AvgIpc) is 3.29. The highest BCUT2D eigenvalue weighted by Gasteiger charge is 2.34. The molecule has 2 unspecified atom stereocenters. The van der Waals surface area contributed by atoms with Gasteiger partial charge in [-0.25, -0.2) is 0 Å². The van der Waals surface area contributed by atoms with Crippen molar-refractivity contribution in [2.45, 2.75) is 64.6 Å². The van der Waals surface area contributed by atoms with Gasteiger partial charge >= 0.3 is 0 Å². The van der Waals surface area contributed by atoms with Crippen LogP contribution in [-0.4, -0.2) is 22.9 Å². The molecular weight excluding hydrogens is 260 g/mol. The molecule has 0 aromatic heterocycles. The molecule has 3 nitrogen and oxygen atoms in total. The maximum absolute atomic E-state index is 12.7. The maximum Gasteiger partial charge on any atom is 0.225 e. The molecule has 2 atom stereocenters. The smallest absolute Gasteiger partial charge is 0.225 e. The van der Waals surface area contributed by atoms with E-state index in [2.05, 4.69) is 24.0 Å². The first kappa shape index (κ1) is 16.0. The number of benzene rings is 1. The quantitative estimate of drug-likeness (QED) is 0.797. The van der Waals surface area contributed by atoms with E-state index < -0.39 is 0 Å². The number of nitrogens with zero attached hydrogens (tertiary/aromatic N) is 1. The summed E-state index contributed by atoms with van der Waals surface area (Å²) in [7, 11) is 0. The van der Waals surface area contributed by atoms with Crippen molar-refractivity contribution < 1.29 is 4.79 Å². The van der Waals surface area contributed by atoms with Crippen molar-refractivity contribution in [1.29, 1.82) is 0 Å². The van der Waals surface area contributed by atoms with Crippen LogP contribution in [0.4, 0.5) is 0 Å². The van der Waals surface area contributed by atoms with Crippen molar-refractivity contribution in [2.24, 2.45) is 11.7 Å². The molecule has 1 saturated carbocycles. The summed E-state index contributed by atoms with van der Waals surface area (Å²) in [4.78, 5) is 14.8. The zero-order chi connectivity index (χ0) is 15.2. The number of nitrogens with two attached hydrogens (primary N) is 1. The van der Waals surface area contributed by atoms with Crippen molar-refractivity contribution in [3.05, 3.63) is 35.9 Å². The van der Waals surface area contributed by atoms with E-state index in [1.165, 1.54) is 5.56 Å². The molecule has 0 saturated heterocycles. The first-order valence-electron chi connectivity index (χ1n) is 8.18. The van der Waals surface area contributed by atoms with Gasteiger partial charge in [0.1, 0.15) is 0 Å². The Bertz CT molecular complexity index is 440. The van der Waals surface area contributed by atoms with Gasteiger partial charge in [0.2, 0.25) is 5.91 Å². The molecule has 1 amide bonds. The molecule has 0 spiro atoms. The van der Waals surface area contributed by atoms with E-state index in [1.54, 1.807) is 0 Å². The summed E-state index contributed by atoms with van der Waals surface area (Å²) in [5.74, 6) is 0.416. The van der Waals surface area contributed by atoms with Gasteiger partial charge in [-0.15, -0.1) is 0 Å². The highest BCUT2D eigenvalue weighted by atomic mass is 16.2. The summed E-state index contributed by atoms with van der Waals surface area (Å²) < 4.78 is 0.